The molecule has 0 saturated carbocycles. The van der Waals surface area contributed by atoms with Gasteiger partial charge in [-0.05, 0) is 31.5 Å². The van der Waals surface area contributed by atoms with Gasteiger partial charge in [-0.3, -0.25) is 0 Å². The van der Waals surface area contributed by atoms with E-state index in [1.54, 1.807) is 25.1 Å². The molecule has 0 N–H and O–H groups in total. The maximum Gasteiger partial charge on any atom is 0.360 e. The minimum atomic E-state index is -0.634. The molecular formula is C20H19ClN4O4. The fourth-order valence-corrected chi connectivity index (χ4v) is 2.70. The number of hydrogen-bond acceptors (Lipinski definition) is 8. The topological polar surface area (TPSA) is 106 Å². The van der Waals surface area contributed by atoms with Crippen molar-refractivity contribution in [1.29, 1.82) is 5.26 Å². The minimum absolute atomic E-state index is 0.0215. The molecule has 1 aromatic heterocycles. The number of methoxy groups -OCH3 is 1. The third-order valence-electron chi connectivity index (χ3n) is 3.93. The van der Waals surface area contributed by atoms with Crippen molar-refractivity contribution in [3.05, 3.63) is 63.4 Å². The van der Waals surface area contributed by atoms with E-state index in [-0.39, 0.29) is 17.5 Å². The third kappa shape index (κ3) is 5.53. The number of carbonyl (C=O) groups is 1. The van der Waals surface area contributed by atoms with Gasteiger partial charge in [-0.1, -0.05) is 40.1 Å². The van der Waals surface area contributed by atoms with Gasteiger partial charge in [0, 0.05) is 11.1 Å². The molecule has 0 atom stereocenters. The fourth-order valence-electron chi connectivity index (χ4n) is 2.49. The molecule has 8 nitrogen and oxygen atoms in total. The first-order chi connectivity index (χ1) is 13.9. The number of nitrogens with zero attached hydrogens (tertiary/aromatic N) is 4. The summed E-state index contributed by atoms with van der Waals surface area (Å²) in [6.45, 7) is 3.62. The molecule has 0 saturated heterocycles. The fraction of sp³-hybridized carbons (Fsp3) is 0.250. The Morgan fingerprint density at radius 3 is 2.69 bits per heavy atom. The molecule has 0 fully saturated rings. The van der Waals surface area contributed by atoms with E-state index in [0.29, 0.717) is 28.1 Å². The summed E-state index contributed by atoms with van der Waals surface area (Å²) >= 11 is 5.93. The van der Waals surface area contributed by atoms with Crippen LogP contribution in [0.2, 0.25) is 5.15 Å². The van der Waals surface area contributed by atoms with Crippen molar-refractivity contribution in [3.8, 4) is 6.07 Å². The van der Waals surface area contributed by atoms with Crippen LogP contribution in [0.3, 0.4) is 0 Å². The van der Waals surface area contributed by atoms with Gasteiger partial charge >= 0.3 is 5.97 Å². The highest BCUT2D eigenvalue weighted by Crippen LogP contribution is 2.18. The molecular weight excluding hydrogens is 396 g/mol. The van der Waals surface area contributed by atoms with E-state index >= 15 is 0 Å². The first-order valence-electron chi connectivity index (χ1n) is 8.44. The quantitative estimate of drug-likeness (QED) is 0.297. The number of oxime groups is 2. The normalized spacial score (nSPS) is 11.6. The Labute approximate surface area is 173 Å². The van der Waals surface area contributed by atoms with Crippen LogP contribution in [0.1, 0.15) is 34.9 Å². The summed E-state index contributed by atoms with van der Waals surface area (Å²) < 4.78 is 4.78. The summed E-state index contributed by atoms with van der Waals surface area (Å²) in [7, 11) is 2.61. The van der Waals surface area contributed by atoms with E-state index in [1.807, 2.05) is 19.1 Å². The Hall–Kier alpha value is -3.44. The Morgan fingerprint density at radius 2 is 2.03 bits per heavy atom. The molecule has 0 radical (unpaired) electrons. The van der Waals surface area contributed by atoms with Gasteiger partial charge in [0.1, 0.15) is 24.6 Å². The number of halogens is 1. The lowest BCUT2D eigenvalue weighted by Crippen LogP contribution is -2.20. The number of esters is 1. The minimum Gasteiger partial charge on any atom is -0.464 e. The maximum absolute atomic E-state index is 12.1. The summed E-state index contributed by atoms with van der Waals surface area (Å²) in [6.07, 6.45) is 0. The van der Waals surface area contributed by atoms with Crippen LogP contribution in [-0.4, -0.2) is 36.6 Å². The van der Waals surface area contributed by atoms with E-state index in [0.717, 1.165) is 5.56 Å². The molecule has 0 amide bonds. The molecule has 2 rings (SSSR count). The van der Waals surface area contributed by atoms with Crippen LogP contribution >= 0.6 is 11.6 Å². The number of nitriles is 1. The van der Waals surface area contributed by atoms with E-state index in [9.17, 15) is 4.79 Å². The molecule has 0 unspecified atom stereocenters. The average molecular weight is 415 g/mol. The van der Waals surface area contributed by atoms with Crippen molar-refractivity contribution in [2.75, 3.05) is 14.2 Å². The van der Waals surface area contributed by atoms with E-state index in [1.165, 1.54) is 20.3 Å². The van der Waals surface area contributed by atoms with Crippen LogP contribution in [0, 0.1) is 18.3 Å². The molecule has 0 aliphatic rings. The van der Waals surface area contributed by atoms with Gasteiger partial charge < -0.3 is 14.4 Å². The Kier molecular flexibility index (Phi) is 7.69. The number of rotatable bonds is 7. The van der Waals surface area contributed by atoms with Crippen LogP contribution in [0.4, 0.5) is 0 Å². The largest absolute Gasteiger partial charge is 0.464 e. The molecule has 0 bridgehead atoms. The third-order valence-corrected chi connectivity index (χ3v) is 4.12. The summed E-state index contributed by atoms with van der Waals surface area (Å²) in [5, 5.41) is 17.1. The number of carbonyl (C=O) groups excluding carboxylic acids is 1. The number of hydrogen-bond donors (Lipinski definition) is 0. The zero-order valence-electron chi connectivity index (χ0n) is 16.4. The molecule has 2 aromatic rings. The predicted octanol–water partition coefficient (Wildman–Crippen LogP) is 3.38. The van der Waals surface area contributed by atoms with Gasteiger partial charge in [-0.15, -0.1) is 0 Å². The monoisotopic (exact) mass is 414 g/mol. The second kappa shape index (κ2) is 10.2. The van der Waals surface area contributed by atoms with Gasteiger partial charge in [0.2, 0.25) is 0 Å². The lowest BCUT2D eigenvalue weighted by molar-refractivity contribution is -0.132. The van der Waals surface area contributed by atoms with Crippen molar-refractivity contribution in [3.63, 3.8) is 0 Å². The van der Waals surface area contributed by atoms with Crippen LogP contribution in [0.25, 0.3) is 0 Å². The first-order valence-corrected chi connectivity index (χ1v) is 8.82. The van der Waals surface area contributed by atoms with Gasteiger partial charge in [0.05, 0.1) is 24.4 Å². The van der Waals surface area contributed by atoms with Crippen molar-refractivity contribution < 1.29 is 19.2 Å². The summed E-state index contributed by atoms with van der Waals surface area (Å²) in [5.74, 6) is -0.634. The molecule has 0 spiro atoms. The Balaban J connectivity index is 2.30. The van der Waals surface area contributed by atoms with E-state index in [2.05, 4.69) is 15.3 Å². The summed E-state index contributed by atoms with van der Waals surface area (Å²) in [5.41, 5.74) is 3.34. The van der Waals surface area contributed by atoms with Gasteiger partial charge in [0.25, 0.3) is 0 Å². The zero-order chi connectivity index (χ0) is 21.4. The molecule has 1 heterocycles. The number of pyridine rings is 1. The van der Waals surface area contributed by atoms with Gasteiger partial charge in [0.15, 0.2) is 5.71 Å². The van der Waals surface area contributed by atoms with E-state index in [4.69, 9.17) is 31.3 Å². The number of ether oxygens (including phenoxy) is 1. The summed E-state index contributed by atoms with van der Waals surface area (Å²) in [4.78, 5) is 26.5. The van der Waals surface area contributed by atoms with Gasteiger partial charge in [-0.25, -0.2) is 9.78 Å². The van der Waals surface area contributed by atoms with Crippen molar-refractivity contribution in [2.24, 2.45) is 10.3 Å². The average Bonchev–Trinajstić information content (AvgIpc) is 2.72. The summed E-state index contributed by atoms with van der Waals surface area (Å²) in [6, 6.07) is 10.4. The molecule has 0 aliphatic carbocycles. The predicted molar refractivity (Wildman–Crippen MR) is 108 cm³/mol. The molecule has 1 aromatic carbocycles. The number of aromatic nitrogens is 1. The number of aryl methyl sites for hydroxylation is 1. The van der Waals surface area contributed by atoms with Crippen LogP contribution in [0.15, 0.2) is 40.6 Å². The Morgan fingerprint density at radius 1 is 1.28 bits per heavy atom. The zero-order valence-corrected chi connectivity index (χ0v) is 17.1. The standard InChI is InChI=1S/C20H19ClN4O4/c1-12-6-5-7-15(19(25-28-4)20(26)27-3)16(12)11-29-24-13(2)17-8-14(10-22)9-18(21)23-17/h5-9H,11H2,1-4H3/b24-13+,25-19+. The lowest BCUT2D eigenvalue weighted by Gasteiger charge is -2.12. The van der Waals surface area contributed by atoms with Crippen LogP contribution < -0.4 is 0 Å². The smallest absolute Gasteiger partial charge is 0.360 e. The second-order valence-corrected chi connectivity index (χ2v) is 6.23. The highest BCUT2D eigenvalue weighted by Gasteiger charge is 2.20. The van der Waals surface area contributed by atoms with E-state index < -0.39 is 5.97 Å². The van der Waals surface area contributed by atoms with Crippen molar-refractivity contribution in [1.82, 2.24) is 4.98 Å². The van der Waals surface area contributed by atoms with Crippen LogP contribution in [-0.2, 0) is 25.8 Å². The highest BCUT2D eigenvalue weighted by atomic mass is 35.5. The highest BCUT2D eigenvalue weighted by molar-refractivity contribution is 6.43. The molecule has 29 heavy (non-hydrogen) atoms. The Bertz CT molecular complexity index is 1010. The number of benzene rings is 1. The molecule has 0 aliphatic heterocycles. The SMILES string of the molecule is CO/N=C(/C(=O)OC)c1cccc(C)c1CO/N=C(\C)c1cc(C#N)cc(Cl)n1. The van der Waals surface area contributed by atoms with Crippen molar-refractivity contribution in [2.45, 2.75) is 20.5 Å². The maximum atomic E-state index is 12.1. The van der Waals surface area contributed by atoms with Crippen molar-refractivity contribution >= 4 is 29.0 Å². The van der Waals surface area contributed by atoms with Gasteiger partial charge in [-0.2, -0.15) is 5.26 Å². The molecule has 9 heteroatoms. The van der Waals surface area contributed by atoms with Crippen LogP contribution in [0.5, 0.6) is 0 Å². The molecule has 150 valence electrons. The first kappa shape index (κ1) is 21.9. The lowest BCUT2D eigenvalue weighted by atomic mass is 9.99. The second-order valence-electron chi connectivity index (χ2n) is 5.84.